The third-order valence-electron chi connectivity index (χ3n) is 3.19. The van der Waals surface area contributed by atoms with Crippen LogP contribution in [0.15, 0.2) is 42.7 Å². The molecule has 0 aliphatic carbocycles. The molecule has 0 N–H and O–H groups in total. The Kier molecular flexibility index (Phi) is 3.05. The van der Waals surface area contributed by atoms with Gasteiger partial charge in [0.25, 0.3) is 0 Å². The van der Waals surface area contributed by atoms with Gasteiger partial charge in [-0.15, -0.1) is 0 Å². The van der Waals surface area contributed by atoms with Gasteiger partial charge in [-0.05, 0) is 23.8 Å². The summed E-state index contributed by atoms with van der Waals surface area (Å²) in [7, 11) is 1.64. The lowest BCUT2D eigenvalue weighted by Crippen LogP contribution is -2.29. The number of fused-ring (bicyclic) bond motifs is 1. The van der Waals surface area contributed by atoms with E-state index in [1.165, 1.54) is 12.1 Å². The van der Waals surface area contributed by atoms with Gasteiger partial charge >= 0.3 is 0 Å². The quantitative estimate of drug-likeness (QED) is 0.847. The molecule has 1 aliphatic heterocycles. The molecule has 0 saturated heterocycles. The summed E-state index contributed by atoms with van der Waals surface area (Å²) in [5.41, 5.74) is 3.07. The topological polar surface area (TPSA) is 28.6 Å². The number of aromatic nitrogens is 1. The van der Waals surface area contributed by atoms with Gasteiger partial charge in [-0.1, -0.05) is 12.1 Å². The smallest absolute Gasteiger partial charge is 0.123 e. The number of hydrogen-bond donors (Lipinski definition) is 0. The van der Waals surface area contributed by atoms with Gasteiger partial charge in [0, 0.05) is 12.7 Å². The predicted octanol–water partition coefficient (Wildman–Crippen LogP) is 2.57. The number of hydrogen-bond acceptors (Lipinski definition) is 4. The van der Waals surface area contributed by atoms with E-state index < -0.39 is 0 Å². The Morgan fingerprint density at radius 1 is 1.21 bits per heavy atom. The second kappa shape index (κ2) is 4.85. The van der Waals surface area contributed by atoms with Gasteiger partial charge in [-0.2, -0.15) is 0 Å². The molecule has 19 heavy (non-hydrogen) atoms. The fourth-order valence-corrected chi connectivity index (χ4v) is 2.24. The summed E-state index contributed by atoms with van der Waals surface area (Å²) < 4.78 is 12.9. The van der Waals surface area contributed by atoms with Crippen molar-refractivity contribution in [2.24, 2.45) is 0 Å². The molecule has 0 saturated carbocycles. The summed E-state index contributed by atoms with van der Waals surface area (Å²) in [4.78, 5) is 11.6. The van der Waals surface area contributed by atoms with Gasteiger partial charge in [0.05, 0.1) is 24.7 Å². The molecule has 1 aliphatic rings. The fourth-order valence-electron chi connectivity index (χ4n) is 2.24. The Balaban J connectivity index is 1.85. The second-order valence-corrected chi connectivity index (χ2v) is 4.39. The molecule has 0 atom stereocenters. The molecule has 0 unspecified atom stereocenters. The van der Waals surface area contributed by atoms with Crippen LogP contribution < -0.4 is 9.96 Å². The average molecular weight is 259 g/mol. The molecule has 4 nitrogen and oxygen atoms in total. The van der Waals surface area contributed by atoms with E-state index in [2.05, 4.69) is 9.88 Å². The summed E-state index contributed by atoms with van der Waals surface area (Å²) in [6, 6.07) is 8.46. The maximum atomic E-state index is 12.9. The van der Waals surface area contributed by atoms with Crippen LogP contribution in [-0.2, 0) is 11.4 Å². The van der Waals surface area contributed by atoms with Crippen molar-refractivity contribution in [3.8, 4) is 0 Å². The highest BCUT2D eigenvalue weighted by atomic mass is 19.1. The van der Waals surface area contributed by atoms with E-state index in [9.17, 15) is 4.39 Å². The average Bonchev–Trinajstić information content (AvgIpc) is 2.80. The molecule has 0 fully saturated rings. The lowest BCUT2D eigenvalue weighted by atomic mass is 10.2. The van der Waals surface area contributed by atoms with Crippen LogP contribution in [0, 0.1) is 5.82 Å². The summed E-state index contributed by atoms with van der Waals surface area (Å²) >= 11 is 0. The molecule has 3 rings (SSSR count). The van der Waals surface area contributed by atoms with E-state index in [1.807, 2.05) is 12.3 Å². The van der Waals surface area contributed by atoms with Crippen molar-refractivity contribution in [2.75, 3.05) is 23.7 Å². The fraction of sp³-hybridized carbons (Fsp3) is 0.214. The molecule has 0 amide bonds. The SMILES string of the molecule is CON1CN(Cc2ccc(F)cc2)c2cnccc21. The highest BCUT2D eigenvalue weighted by Gasteiger charge is 2.25. The maximum absolute atomic E-state index is 12.9. The van der Waals surface area contributed by atoms with Crippen LogP contribution in [-0.4, -0.2) is 18.8 Å². The van der Waals surface area contributed by atoms with Crippen LogP contribution in [0.5, 0.6) is 0 Å². The number of benzene rings is 1. The van der Waals surface area contributed by atoms with Crippen molar-refractivity contribution < 1.29 is 9.23 Å². The van der Waals surface area contributed by atoms with Gasteiger partial charge in [0.2, 0.25) is 0 Å². The molecule has 5 heteroatoms. The number of halogens is 1. The number of hydroxylamine groups is 1. The molecule has 0 radical (unpaired) electrons. The molecule has 98 valence electrons. The van der Waals surface area contributed by atoms with Crippen LogP contribution in [0.3, 0.4) is 0 Å². The van der Waals surface area contributed by atoms with E-state index in [-0.39, 0.29) is 5.82 Å². The van der Waals surface area contributed by atoms with Gasteiger partial charge in [0.1, 0.15) is 12.5 Å². The highest BCUT2D eigenvalue weighted by molar-refractivity contribution is 5.73. The first-order valence-electron chi connectivity index (χ1n) is 6.03. The lowest BCUT2D eigenvalue weighted by Gasteiger charge is -2.19. The molecular weight excluding hydrogens is 245 g/mol. The number of anilines is 2. The zero-order chi connectivity index (χ0) is 13.2. The number of nitrogens with zero attached hydrogens (tertiary/aromatic N) is 3. The van der Waals surface area contributed by atoms with Gasteiger partial charge < -0.3 is 4.90 Å². The first-order chi connectivity index (χ1) is 9.28. The van der Waals surface area contributed by atoms with Crippen LogP contribution in [0.1, 0.15) is 5.56 Å². The Morgan fingerprint density at radius 2 is 2.00 bits per heavy atom. The van der Waals surface area contributed by atoms with Crippen molar-refractivity contribution in [1.82, 2.24) is 4.98 Å². The van der Waals surface area contributed by atoms with E-state index in [0.29, 0.717) is 13.2 Å². The summed E-state index contributed by atoms with van der Waals surface area (Å²) in [5.74, 6) is -0.217. The standard InChI is InChI=1S/C14H14FN3O/c1-19-18-10-17(14-8-16-7-6-13(14)18)9-11-2-4-12(15)5-3-11/h2-8H,9-10H2,1H3. The van der Waals surface area contributed by atoms with Crippen molar-refractivity contribution in [3.05, 3.63) is 54.1 Å². The second-order valence-electron chi connectivity index (χ2n) is 4.39. The van der Waals surface area contributed by atoms with Crippen molar-refractivity contribution in [3.63, 3.8) is 0 Å². The molecule has 1 aromatic carbocycles. The molecular formula is C14H14FN3O. The predicted molar refractivity (Wildman–Crippen MR) is 71.2 cm³/mol. The van der Waals surface area contributed by atoms with E-state index in [0.717, 1.165) is 16.9 Å². The minimum absolute atomic E-state index is 0.217. The first-order valence-corrected chi connectivity index (χ1v) is 6.03. The van der Waals surface area contributed by atoms with Crippen LogP contribution in [0.2, 0.25) is 0 Å². The third kappa shape index (κ3) is 2.24. The number of rotatable bonds is 3. The number of pyridine rings is 1. The monoisotopic (exact) mass is 259 g/mol. The zero-order valence-corrected chi connectivity index (χ0v) is 10.6. The van der Waals surface area contributed by atoms with E-state index >= 15 is 0 Å². The highest BCUT2D eigenvalue weighted by Crippen LogP contribution is 2.35. The molecule has 2 heterocycles. The normalized spacial score (nSPS) is 13.8. The summed E-state index contributed by atoms with van der Waals surface area (Å²) in [5, 5.41) is 1.81. The van der Waals surface area contributed by atoms with Gasteiger partial charge in [-0.25, -0.2) is 9.45 Å². The first kappa shape index (κ1) is 11.9. The van der Waals surface area contributed by atoms with E-state index in [4.69, 9.17) is 4.84 Å². The van der Waals surface area contributed by atoms with Gasteiger partial charge in [0.15, 0.2) is 0 Å². The minimum atomic E-state index is -0.217. The summed E-state index contributed by atoms with van der Waals surface area (Å²) in [6.07, 6.45) is 3.56. The van der Waals surface area contributed by atoms with Gasteiger partial charge in [-0.3, -0.25) is 9.82 Å². The van der Waals surface area contributed by atoms with Crippen molar-refractivity contribution in [1.29, 1.82) is 0 Å². The van der Waals surface area contributed by atoms with E-state index in [1.54, 1.807) is 30.5 Å². The molecule has 0 bridgehead atoms. The van der Waals surface area contributed by atoms with Crippen LogP contribution in [0.4, 0.5) is 15.8 Å². The maximum Gasteiger partial charge on any atom is 0.123 e. The van der Waals surface area contributed by atoms with Crippen molar-refractivity contribution in [2.45, 2.75) is 6.54 Å². The Bertz CT molecular complexity index is 573. The summed E-state index contributed by atoms with van der Waals surface area (Å²) in [6.45, 7) is 1.33. The molecule has 2 aromatic rings. The largest absolute Gasteiger partial charge is 0.344 e. The van der Waals surface area contributed by atoms with Crippen LogP contribution >= 0.6 is 0 Å². The van der Waals surface area contributed by atoms with Crippen molar-refractivity contribution >= 4 is 11.4 Å². The third-order valence-corrected chi connectivity index (χ3v) is 3.19. The minimum Gasteiger partial charge on any atom is -0.344 e. The molecule has 1 aromatic heterocycles. The Morgan fingerprint density at radius 3 is 2.74 bits per heavy atom. The zero-order valence-electron chi connectivity index (χ0n) is 10.6. The Labute approximate surface area is 111 Å². The van der Waals surface area contributed by atoms with Crippen LogP contribution in [0.25, 0.3) is 0 Å². The lowest BCUT2D eigenvalue weighted by molar-refractivity contribution is 0.172. The molecule has 0 spiro atoms. The Hall–Kier alpha value is -2.14.